The number of carbonyl (C=O) groups is 1. The Hall–Kier alpha value is -0.830. The largest absolute Gasteiger partial charge is 0.326 e. The van der Waals surface area contributed by atoms with Crippen molar-refractivity contribution < 1.29 is 4.79 Å². The molecule has 0 aliphatic heterocycles. The van der Waals surface area contributed by atoms with Crippen molar-refractivity contribution in [1.29, 1.82) is 0 Å². The quantitative estimate of drug-likeness (QED) is 0.861. The second-order valence-electron chi connectivity index (χ2n) is 3.57. The molecule has 0 bridgehead atoms. The number of amides is 1. The van der Waals surface area contributed by atoms with E-state index < -0.39 is 0 Å². The van der Waals surface area contributed by atoms with Gasteiger partial charge >= 0.3 is 0 Å². The minimum Gasteiger partial charge on any atom is -0.326 e. The van der Waals surface area contributed by atoms with Gasteiger partial charge in [-0.2, -0.15) is 0 Å². The van der Waals surface area contributed by atoms with Crippen molar-refractivity contribution in [2.75, 3.05) is 5.32 Å². The molecule has 1 rings (SSSR count). The van der Waals surface area contributed by atoms with Crippen LogP contribution in [0.5, 0.6) is 0 Å². The summed E-state index contributed by atoms with van der Waals surface area (Å²) in [5.41, 5.74) is 2.05. The van der Waals surface area contributed by atoms with Crippen LogP contribution in [0.2, 0.25) is 0 Å². The third kappa shape index (κ3) is 2.84. The summed E-state index contributed by atoms with van der Waals surface area (Å²) < 4.78 is 1.04. The van der Waals surface area contributed by atoms with Crippen LogP contribution in [0.1, 0.15) is 32.3 Å². The Morgan fingerprint density at radius 3 is 2.57 bits per heavy atom. The zero-order chi connectivity index (χ0) is 10.7. The second-order valence-corrected chi connectivity index (χ2v) is 4.48. The number of hydrogen-bond acceptors (Lipinski definition) is 1. The van der Waals surface area contributed by atoms with Gasteiger partial charge in [0, 0.05) is 17.1 Å². The van der Waals surface area contributed by atoms with Crippen LogP contribution < -0.4 is 5.32 Å². The van der Waals surface area contributed by atoms with E-state index in [0.717, 1.165) is 15.7 Å². The van der Waals surface area contributed by atoms with Gasteiger partial charge in [-0.25, -0.2) is 0 Å². The van der Waals surface area contributed by atoms with E-state index in [1.807, 2.05) is 18.2 Å². The van der Waals surface area contributed by atoms with Crippen LogP contribution in [0.25, 0.3) is 0 Å². The molecule has 76 valence electrons. The molecule has 0 aliphatic carbocycles. The fourth-order valence-electron chi connectivity index (χ4n) is 1.31. The van der Waals surface area contributed by atoms with Crippen molar-refractivity contribution in [3.8, 4) is 0 Å². The van der Waals surface area contributed by atoms with Crippen molar-refractivity contribution in [2.45, 2.75) is 26.7 Å². The Bertz CT molecular complexity index is 347. The SMILES string of the molecule is CC(=O)Nc1ccc(Br)cc1C(C)C. The van der Waals surface area contributed by atoms with Gasteiger partial charge in [0.25, 0.3) is 0 Å². The first-order valence-corrected chi connectivity index (χ1v) is 5.37. The van der Waals surface area contributed by atoms with Gasteiger partial charge in [-0.3, -0.25) is 4.79 Å². The van der Waals surface area contributed by atoms with E-state index in [1.54, 1.807) is 0 Å². The average Bonchev–Trinajstić information content (AvgIpc) is 2.07. The highest BCUT2D eigenvalue weighted by Gasteiger charge is 2.07. The van der Waals surface area contributed by atoms with Gasteiger partial charge in [0.1, 0.15) is 0 Å². The van der Waals surface area contributed by atoms with E-state index in [-0.39, 0.29) is 5.91 Å². The summed E-state index contributed by atoms with van der Waals surface area (Å²) in [5, 5.41) is 2.82. The molecule has 0 spiro atoms. The van der Waals surface area contributed by atoms with Crippen LogP contribution in [-0.4, -0.2) is 5.91 Å². The van der Waals surface area contributed by atoms with Gasteiger partial charge in [-0.15, -0.1) is 0 Å². The fraction of sp³-hybridized carbons (Fsp3) is 0.364. The minimum absolute atomic E-state index is 0.0331. The molecule has 0 aromatic heterocycles. The Morgan fingerprint density at radius 2 is 2.07 bits per heavy atom. The maximum atomic E-state index is 11.0. The Kier molecular flexibility index (Phi) is 3.69. The third-order valence-electron chi connectivity index (χ3n) is 1.95. The van der Waals surface area contributed by atoms with Gasteiger partial charge in [0.05, 0.1) is 0 Å². The van der Waals surface area contributed by atoms with Crippen LogP contribution in [0.3, 0.4) is 0 Å². The number of carbonyl (C=O) groups excluding carboxylic acids is 1. The fourth-order valence-corrected chi connectivity index (χ4v) is 1.69. The standard InChI is InChI=1S/C11H14BrNO/c1-7(2)10-6-9(12)4-5-11(10)13-8(3)14/h4-7H,1-3H3,(H,13,14). The molecule has 1 N–H and O–H groups in total. The van der Waals surface area contributed by atoms with Crippen LogP contribution >= 0.6 is 15.9 Å². The Labute approximate surface area is 92.8 Å². The van der Waals surface area contributed by atoms with Crippen LogP contribution in [0, 0.1) is 0 Å². The van der Waals surface area contributed by atoms with E-state index in [2.05, 4.69) is 35.1 Å². The highest BCUT2D eigenvalue weighted by atomic mass is 79.9. The minimum atomic E-state index is -0.0331. The van der Waals surface area contributed by atoms with Gasteiger partial charge in [-0.1, -0.05) is 29.8 Å². The van der Waals surface area contributed by atoms with Crippen molar-refractivity contribution in [1.82, 2.24) is 0 Å². The lowest BCUT2D eigenvalue weighted by Crippen LogP contribution is -2.08. The van der Waals surface area contributed by atoms with E-state index in [0.29, 0.717) is 5.92 Å². The normalized spacial score (nSPS) is 10.4. The molecule has 0 radical (unpaired) electrons. The topological polar surface area (TPSA) is 29.1 Å². The zero-order valence-corrected chi connectivity index (χ0v) is 10.2. The molecule has 3 heteroatoms. The number of hydrogen-bond donors (Lipinski definition) is 1. The van der Waals surface area contributed by atoms with E-state index in [9.17, 15) is 4.79 Å². The number of anilines is 1. The lowest BCUT2D eigenvalue weighted by molar-refractivity contribution is -0.114. The van der Waals surface area contributed by atoms with Crippen molar-refractivity contribution in [3.05, 3.63) is 28.2 Å². The molecule has 2 nitrogen and oxygen atoms in total. The smallest absolute Gasteiger partial charge is 0.221 e. The molecule has 1 aromatic rings. The summed E-state index contributed by atoms with van der Waals surface area (Å²) in [6.07, 6.45) is 0. The molecule has 0 saturated heterocycles. The first-order valence-electron chi connectivity index (χ1n) is 4.57. The molecular weight excluding hydrogens is 242 g/mol. The maximum absolute atomic E-state index is 11.0. The number of nitrogens with one attached hydrogen (secondary N) is 1. The first-order chi connectivity index (χ1) is 6.50. The summed E-state index contributed by atoms with van der Waals surface area (Å²) in [7, 11) is 0. The number of benzene rings is 1. The monoisotopic (exact) mass is 255 g/mol. The van der Waals surface area contributed by atoms with Gasteiger partial charge in [0.2, 0.25) is 5.91 Å². The molecule has 0 fully saturated rings. The number of rotatable bonds is 2. The molecular formula is C11H14BrNO. The van der Waals surface area contributed by atoms with Gasteiger partial charge in [0.15, 0.2) is 0 Å². The first kappa shape index (κ1) is 11.2. The summed E-state index contributed by atoms with van der Waals surface area (Å²) in [4.78, 5) is 11.0. The van der Waals surface area contributed by atoms with Crippen LogP contribution in [0.15, 0.2) is 22.7 Å². The number of halogens is 1. The predicted molar refractivity (Wildman–Crippen MR) is 62.5 cm³/mol. The van der Waals surface area contributed by atoms with Gasteiger partial charge in [-0.05, 0) is 29.7 Å². The Balaban J connectivity index is 3.08. The van der Waals surface area contributed by atoms with Gasteiger partial charge < -0.3 is 5.32 Å². The average molecular weight is 256 g/mol. The summed E-state index contributed by atoms with van der Waals surface area (Å²) in [6.45, 7) is 5.73. The molecule has 0 unspecified atom stereocenters. The van der Waals surface area contributed by atoms with Crippen molar-refractivity contribution in [3.63, 3.8) is 0 Å². The molecule has 14 heavy (non-hydrogen) atoms. The lowest BCUT2D eigenvalue weighted by Gasteiger charge is -2.13. The zero-order valence-electron chi connectivity index (χ0n) is 8.60. The second kappa shape index (κ2) is 4.60. The highest BCUT2D eigenvalue weighted by molar-refractivity contribution is 9.10. The highest BCUT2D eigenvalue weighted by Crippen LogP contribution is 2.27. The molecule has 1 amide bonds. The van der Waals surface area contributed by atoms with Crippen LogP contribution in [-0.2, 0) is 4.79 Å². The van der Waals surface area contributed by atoms with E-state index in [4.69, 9.17) is 0 Å². The molecule has 0 aliphatic rings. The summed E-state index contributed by atoms with van der Waals surface area (Å²) in [6, 6.07) is 5.88. The molecule has 0 saturated carbocycles. The van der Waals surface area contributed by atoms with Crippen LogP contribution in [0.4, 0.5) is 5.69 Å². The van der Waals surface area contributed by atoms with E-state index in [1.165, 1.54) is 6.92 Å². The molecule has 0 heterocycles. The molecule has 1 aromatic carbocycles. The predicted octanol–water partition coefficient (Wildman–Crippen LogP) is 3.53. The summed E-state index contributed by atoms with van der Waals surface area (Å²) >= 11 is 3.42. The summed E-state index contributed by atoms with van der Waals surface area (Å²) in [5.74, 6) is 0.364. The molecule has 0 atom stereocenters. The van der Waals surface area contributed by atoms with E-state index >= 15 is 0 Å². The third-order valence-corrected chi connectivity index (χ3v) is 2.44. The van der Waals surface area contributed by atoms with Crippen molar-refractivity contribution >= 4 is 27.5 Å². The Morgan fingerprint density at radius 1 is 1.43 bits per heavy atom. The van der Waals surface area contributed by atoms with Crippen molar-refractivity contribution in [2.24, 2.45) is 0 Å². The maximum Gasteiger partial charge on any atom is 0.221 e. The lowest BCUT2D eigenvalue weighted by atomic mass is 10.0.